The largest absolute Gasteiger partial charge is 0.490 e. The molecule has 2 N–H and O–H groups in total. The maximum Gasteiger partial charge on any atom is 0.169 e. The highest BCUT2D eigenvalue weighted by atomic mass is 16.5. The molecule has 1 aromatic carbocycles. The summed E-state index contributed by atoms with van der Waals surface area (Å²) in [6.45, 7) is 3.50. The number of benzene rings is 1. The molecule has 1 unspecified atom stereocenters. The van der Waals surface area contributed by atoms with E-state index in [0.29, 0.717) is 31.1 Å². The molecule has 1 rings (SSSR count). The number of methoxy groups -OCH3 is 1. The summed E-state index contributed by atoms with van der Waals surface area (Å²) in [6.07, 6.45) is 1.67. The summed E-state index contributed by atoms with van der Waals surface area (Å²) in [5.74, 6) is 0.710. The molecule has 19 heavy (non-hydrogen) atoms. The van der Waals surface area contributed by atoms with Crippen molar-refractivity contribution in [2.24, 2.45) is 11.7 Å². The van der Waals surface area contributed by atoms with Gasteiger partial charge < -0.3 is 15.2 Å². The second-order valence-electron chi connectivity index (χ2n) is 4.53. The van der Waals surface area contributed by atoms with Crippen LogP contribution in [-0.4, -0.2) is 32.7 Å². The predicted molar refractivity (Wildman–Crippen MR) is 75.6 cm³/mol. The molecule has 1 atom stereocenters. The standard InChI is InChI=1S/C15H23NO3/c1-12(6-5-9-16)15(17)13-7-3-4-8-14(13)19-11-10-18-2/h3-4,7-8,12H,5-6,9-11,16H2,1-2H3. The van der Waals surface area contributed by atoms with E-state index in [9.17, 15) is 4.79 Å². The first-order chi connectivity index (χ1) is 9.20. The summed E-state index contributed by atoms with van der Waals surface area (Å²) < 4.78 is 10.5. The molecule has 4 heteroatoms. The van der Waals surface area contributed by atoms with Crippen molar-refractivity contribution in [2.45, 2.75) is 19.8 Å². The Morgan fingerprint density at radius 3 is 2.74 bits per heavy atom. The van der Waals surface area contributed by atoms with E-state index in [1.54, 1.807) is 7.11 Å². The average Bonchev–Trinajstić information content (AvgIpc) is 2.44. The molecule has 0 aromatic heterocycles. The zero-order valence-electron chi connectivity index (χ0n) is 11.7. The Balaban J connectivity index is 2.72. The maximum absolute atomic E-state index is 12.4. The zero-order valence-corrected chi connectivity index (χ0v) is 11.7. The molecular formula is C15H23NO3. The monoisotopic (exact) mass is 265 g/mol. The van der Waals surface area contributed by atoms with Gasteiger partial charge in [0.25, 0.3) is 0 Å². The molecule has 106 valence electrons. The fourth-order valence-corrected chi connectivity index (χ4v) is 1.85. The lowest BCUT2D eigenvalue weighted by atomic mass is 9.94. The number of para-hydroxylation sites is 1. The number of rotatable bonds is 9. The zero-order chi connectivity index (χ0) is 14.1. The van der Waals surface area contributed by atoms with Gasteiger partial charge in [0.2, 0.25) is 0 Å². The van der Waals surface area contributed by atoms with Crippen LogP contribution in [0.15, 0.2) is 24.3 Å². The Kier molecular flexibility index (Phi) is 7.15. The highest BCUT2D eigenvalue weighted by Crippen LogP contribution is 2.23. The molecule has 0 amide bonds. The first-order valence-corrected chi connectivity index (χ1v) is 6.65. The maximum atomic E-state index is 12.4. The first kappa shape index (κ1) is 15.7. The Bertz CT molecular complexity index is 393. The lowest BCUT2D eigenvalue weighted by molar-refractivity contribution is 0.0915. The Hall–Kier alpha value is -1.39. The molecule has 0 bridgehead atoms. The normalized spacial score (nSPS) is 12.2. The van der Waals surface area contributed by atoms with Crippen LogP contribution in [0.1, 0.15) is 30.1 Å². The van der Waals surface area contributed by atoms with Crippen molar-refractivity contribution in [3.8, 4) is 5.75 Å². The quantitative estimate of drug-likeness (QED) is 0.549. The second-order valence-corrected chi connectivity index (χ2v) is 4.53. The highest BCUT2D eigenvalue weighted by molar-refractivity contribution is 6.00. The van der Waals surface area contributed by atoms with Crippen molar-refractivity contribution in [3.05, 3.63) is 29.8 Å². The molecule has 0 heterocycles. The van der Waals surface area contributed by atoms with Gasteiger partial charge in [0, 0.05) is 13.0 Å². The van der Waals surface area contributed by atoms with Crippen LogP contribution in [0.3, 0.4) is 0 Å². The fourth-order valence-electron chi connectivity index (χ4n) is 1.85. The highest BCUT2D eigenvalue weighted by Gasteiger charge is 2.18. The van der Waals surface area contributed by atoms with Gasteiger partial charge in [-0.2, -0.15) is 0 Å². The minimum absolute atomic E-state index is 0.0317. The van der Waals surface area contributed by atoms with Crippen LogP contribution in [0.4, 0.5) is 0 Å². The van der Waals surface area contributed by atoms with Crippen molar-refractivity contribution in [1.82, 2.24) is 0 Å². The third kappa shape index (κ3) is 5.01. The number of hydrogen-bond acceptors (Lipinski definition) is 4. The number of carbonyl (C=O) groups is 1. The van der Waals surface area contributed by atoms with Gasteiger partial charge in [0.1, 0.15) is 12.4 Å². The van der Waals surface area contributed by atoms with E-state index < -0.39 is 0 Å². The number of ether oxygens (including phenoxy) is 2. The van der Waals surface area contributed by atoms with Gasteiger partial charge in [-0.1, -0.05) is 19.1 Å². The number of hydrogen-bond donors (Lipinski definition) is 1. The number of nitrogens with two attached hydrogens (primary N) is 1. The molecular weight excluding hydrogens is 242 g/mol. The first-order valence-electron chi connectivity index (χ1n) is 6.65. The molecule has 0 fully saturated rings. The lowest BCUT2D eigenvalue weighted by Crippen LogP contribution is -2.15. The SMILES string of the molecule is COCCOc1ccccc1C(=O)C(C)CCCN. The van der Waals surface area contributed by atoms with Crippen LogP contribution in [0.2, 0.25) is 0 Å². The van der Waals surface area contributed by atoms with Crippen molar-refractivity contribution < 1.29 is 14.3 Å². The summed E-state index contributed by atoms with van der Waals surface area (Å²) in [5, 5.41) is 0. The van der Waals surface area contributed by atoms with E-state index in [4.69, 9.17) is 15.2 Å². The van der Waals surface area contributed by atoms with E-state index >= 15 is 0 Å². The van der Waals surface area contributed by atoms with E-state index in [2.05, 4.69) is 0 Å². The van der Waals surface area contributed by atoms with Crippen molar-refractivity contribution >= 4 is 5.78 Å². The van der Waals surface area contributed by atoms with Gasteiger partial charge >= 0.3 is 0 Å². The molecule has 0 saturated heterocycles. The fraction of sp³-hybridized carbons (Fsp3) is 0.533. The van der Waals surface area contributed by atoms with Crippen LogP contribution in [0, 0.1) is 5.92 Å². The topological polar surface area (TPSA) is 61.5 Å². The van der Waals surface area contributed by atoms with Crippen molar-refractivity contribution in [3.63, 3.8) is 0 Å². The molecule has 1 aromatic rings. The molecule has 0 aliphatic rings. The van der Waals surface area contributed by atoms with Crippen LogP contribution in [-0.2, 0) is 4.74 Å². The third-order valence-electron chi connectivity index (χ3n) is 2.99. The van der Waals surface area contributed by atoms with Crippen LogP contribution in [0.5, 0.6) is 5.75 Å². The van der Waals surface area contributed by atoms with Gasteiger partial charge in [-0.15, -0.1) is 0 Å². The van der Waals surface area contributed by atoms with E-state index in [1.807, 2.05) is 31.2 Å². The predicted octanol–water partition coefficient (Wildman–Crippen LogP) is 2.27. The third-order valence-corrected chi connectivity index (χ3v) is 2.99. The van der Waals surface area contributed by atoms with Gasteiger partial charge in [-0.05, 0) is 31.5 Å². The minimum atomic E-state index is -0.0317. The summed E-state index contributed by atoms with van der Waals surface area (Å²) in [6, 6.07) is 7.34. The van der Waals surface area contributed by atoms with E-state index in [1.165, 1.54) is 0 Å². The van der Waals surface area contributed by atoms with Crippen LogP contribution in [0.25, 0.3) is 0 Å². The molecule has 0 radical (unpaired) electrons. The number of ketones is 1. The Morgan fingerprint density at radius 1 is 1.32 bits per heavy atom. The summed E-state index contributed by atoms with van der Waals surface area (Å²) in [4.78, 5) is 12.4. The van der Waals surface area contributed by atoms with Crippen molar-refractivity contribution in [2.75, 3.05) is 26.9 Å². The summed E-state index contributed by atoms with van der Waals surface area (Å²) in [5.41, 5.74) is 6.12. The minimum Gasteiger partial charge on any atom is -0.490 e. The van der Waals surface area contributed by atoms with Gasteiger partial charge in [0.15, 0.2) is 5.78 Å². The molecule has 0 saturated carbocycles. The summed E-state index contributed by atoms with van der Waals surface area (Å²) >= 11 is 0. The van der Waals surface area contributed by atoms with Crippen LogP contribution >= 0.6 is 0 Å². The van der Waals surface area contributed by atoms with Gasteiger partial charge in [-0.25, -0.2) is 0 Å². The lowest BCUT2D eigenvalue weighted by Gasteiger charge is -2.14. The molecule has 0 spiro atoms. The summed E-state index contributed by atoms with van der Waals surface area (Å²) in [7, 11) is 1.62. The number of Topliss-reactive ketones (excluding diaryl/α,β-unsaturated/α-hetero) is 1. The van der Waals surface area contributed by atoms with Crippen molar-refractivity contribution in [1.29, 1.82) is 0 Å². The Morgan fingerprint density at radius 2 is 2.05 bits per heavy atom. The Labute approximate surface area is 114 Å². The van der Waals surface area contributed by atoms with Gasteiger partial charge in [-0.3, -0.25) is 4.79 Å². The smallest absolute Gasteiger partial charge is 0.169 e. The second kappa shape index (κ2) is 8.67. The molecule has 0 aliphatic heterocycles. The molecule has 0 aliphatic carbocycles. The van der Waals surface area contributed by atoms with Crippen LogP contribution < -0.4 is 10.5 Å². The van der Waals surface area contributed by atoms with Gasteiger partial charge in [0.05, 0.1) is 12.2 Å². The number of carbonyl (C=O) groups excluding carboxylic acids is 1. The molecule has 4 nitrogen and oxygen atoms in total. The average molecular weight is 265 g/mol. The van der Waals surface area contributed by atoms with E-state index in [-0.39, 0.29) is 11.7 Å². The van der Waals surface area contributed by atoms with E-state index in [0.717, 1.165) is 12.8 Å².